The number of amides is 1. The van der Waals surface area contributed by atoms with Crippen LogP contribution in [0.5, 0.6) is 0 Å². The van der Waals surface area contributed by atoms with Crippen molar-refractivity contribution in [2.45, 2.75) is 20.8 Å². The topological polar surface area (TPSA) is 91.1 Å². The molecule has 0 aromatic rings. The monoisotopic (exact) mass is 224 g/mol. The summed E-state index contributed by atoms with van der Waals surface area (Å²) in [5.74, 6) is 0. The Morgan fingerprint density at radius 1 is 1.21 bits per heavy atom. The van der Waals surface area contributed by atoms with E-state index in [-0.39, 0.29) is 0 Å². The number of quaternary nitrogens is 1. The summed E-state index contributed by atoms with van der Waals surface area (Å²) in [5.41, 5.74) is 0. The molecule has 1 amide bonds. The zero-order chi connectivity index (χ0) is 11.6. The first-order valence-corrected chi connectivity index (χ1v) is 5.36. The number of hydrogen-bond donors (Lipinski definition) is 1. The van der Waals surface area contributed by atoms with Gasteiger partial charge in [0, 0.05) is 0 Å². The Morgan fingerprint density at radius 2 is 1.57 bits per heavy atom. The van der Waals surface area contributed by atoms with Gasteiger partial charge in [0.05, 0.1) is 19.6 Å². The second-order valence-corrected chi connectivity index (χ2v) is 3.00. The second kappa shape index (κ2) is 10.1. The summed E-state index contributed by atoms with van der Waals surface area (Å²) in [4.78, 5) is 10.8. The highest BCUT2D eigenvalue weighted by Crippen LogP contribution is 1.59. The number of nitrogens with one attached hydrogen (secondary N) is 1. The molecule has 0 fully saturated rings. The van der Waals surface area contributed by atoms with E-state index in [0.717, 1.165) is 0 Å². The summed E-state index contributed by atoms with van der Waals surface area (Å²) in [6.07, 6.45) is -1.95. The summed E-state index contributed by atoms with van der Waals surface area (Å²) in [6, 6.07) is 0. The predicted molar refractivity (Wildman–Crippen MR) is 49.3 cm³/mol. The molecule has 84 valence electrons. The highest BCUT2D eigenvalue weighted by Gasteiger charge is 1.92. The summed E-state index contributed by atoms with van der Waals surface area (Å²) >= 11 is 0. The van der Waals surface area contributed by atoms with Crippen molar-refractivity contribution in [1.82, 2.24) is 0 Å². The Morgan fingerprint density at radius 3 is 1.57 bits per heavy atom. The van der Waals surface area contributed by atoms with Crippen LogP contribution in [-0.2, 0) is 10.5 Å². The molecule has 0 saturated heterocycles. The second-order valence-electron chi connectivity index (χ2n) is 2.38. The van der Waals surface area contributed by atoms with E-state index in [2.05, 4.69) is 20.8 Å². The van der Waals surface area contributed by atoms with E-state index in [1.54, 1.807) is 4.90 Å². The zero-order valence-corrected chi connectivity index (χ0v) is 9.43. The van der Waals surface area contributed by atoms with Crippen molar-refractivity contribution in [3.63, 3.8) is 0 Å². The lowest BCUT2D eigenvalue weighted by molar-refractivity contribution is -0.894. The molecule has 0 saturated carbocycles. The van der Waals surface area contributed by atoms with Crippen LogP contribution in [0.1, 0.15) is 20.8 Å². The van der Waals surface area contributed by atoms with E-state index in [0.29, 0.717) is 0 Å². The molecule has 14 heavy (non-hydrogen) atoms. The number of nitrogens with zero attached hydrogens (tertiary/aromatic N) is 1. The van der Waals surface area contributed by atoms with Crippen molar-refractivity contribution in [2.75, 3.05) is 19.6 Å². The maximum absolute atomic E-state index is 9.22. The van der Waals surface area contributed by atoms with Gasteiger partial charge in [-0.25, -0.2) is 0 Å². The van der Waals surface area contributed by atoms with E-state index in [1.807, 2.05) is 4.36 Å². The van der Waals surface area contributed by atoms with Crippen LogP contribution in [-0.4, -0.2) is 34.1 Å². The van der Waals surface area contributed by atoms with E-state index in [9.17, 15) is 8.42 Å². The normalized spacial score (nSPS) is 8.86. The van der Waals surface area contributed by atoms with Crippen LogP contribution >= 0.6 is 0 Å². The van der Waals surface area contributed by atoms with Crippen molar-refractivity contribution >= 4 is 16.6 Å². The molecule has 1 N–H and O–H groups in total. The van der Waals surface area contributed by atoms with Gasteiger partial charge in [-0.15, -0.1) is 4.36 Å². The van der Waals surface area contributed by atoms with E-state index in [4.69, 9.17) is 9.90 Å². The largest absolute Gasteiger partial charge is 0.527 e. The minimum Gasteiger partial charge on any atom is -0.527 e. The molecule has 0 spiro atoms. The number of carbonyl (C=O) groups is 1. The first-order chi connectivity index (χ1) is 6.47. The van der Waals surface area contributed by atoms with Crippen molar-refractivity contribution in [2.24, 2.45) is 4.36 Å². The smallest absolute Gasteiger partial charge is 0.317 e. The standard InChI is InChI=1S/C6H15N.CHNO4S/c1-4-7(5-2)6-3;3-1(4)2-7(5)6/h4-6H2,1-3H3;(H,3,4). The Bertz CT molecular complexity index is 256. The highest BCUT2D eigenvalue weighted by molar-refractivity contribution is 7.62. The Labute approximate surface area is 85.2 Å². The molecule has 7 heteroatoms. The first-order valence-electron chi connectivity index (χ1n) is 4.33. The van der Waals surface area contributed by atoms with Gasteiger partial charge in [0.15, 0.2) is 6.09 Å². The molecule has 0 aliphatic carbocycles. The summed E-state index contributed by atoms with van der Waals surface area (Å²) < 4.78 is 20.4. The molecule has 0 unspecified atom stereocenters. The average Bonchev–Trinajstić information content (AvgIpc) is 2.06. The van der Waals surface area contributed by atoms with Crippen LogP contribution < -0.4 is 10.0 Å². The lowest BCUT2D eigenvalue weighted by Gasteiger charge is -2.10. The Kier molecular flexibility index (Phi) is 11.2. The summed E-state index contributed by atoms with van der Waals surface area (Å²) in [7, 11) is -2.88. The third-order valence-corrected chi connectivity index (χ3v) is 1.95. The Balaban J connectivity index is 0. The van der Waals surface area contributed by atoms with Gasteiger partial charge in [0.1, 0.15) is 0 Å². The molecule has 0 rings (SSSR count). The molecule has 0 aromatic heterocycles. The lowest BCUT2D eigenvalue weighted by Crippen LogP contribution is -3.11. The fourth-order valence-corrected chi connectivity index (χ4v) is 0.933. The molecule has 0 radical (unpaired) electrons. The van der Waals surface area contributed by atoms with E-state index in [1.165, 1.54) is 19.6 Å². The van der Waals surface area contributed by atoms with Crippen molar-refractivity contribution in [3.05, 3.63) is 0 Å². The number of hydrogen-bond acceptors (Lipinski definition) is 4. The maximum Gasteiger partial charge on any atom is 0.317 e. The van der Waals surface area contributed by atoms with Crippen LogP contribution in [0.15, 0.2) is 4.36 Å². The van der Waals surface area contributed by atoms with Crippen LogP contribution in [0, 0.1) is 0 Å². The lowest BCUT2D eigenvalue weighted by atomic mass is 10.5. The number of carbonyl (C=O) groups excluding carboxylic acids is 1. The molecule has 0 aromatic carbocycles. The van der Waals surface area contributed by atoms with Crippen LogP contribution in [0.2, 0.25) is 0 Å². The van der Waals surface area contributed by atoms with E-state index < -0.39 is 16.6 Å². The zero-order valence-electron chi connectivity index (χ0n) is 8.61. The van der Waals surface area contributed by atoms with Gasteiger partial charge in [-0.1, -0.05) is 0 Å². The highest BCUT2D eigenvalue weighted by atomic mass is 32.2. The first kappa shape index (κ1) is 15.5. The van der Waals surface area contributed by atoms with Gasteiger partial charge < -0.3 is 14.8 Å². The van der Waals surface area contributed by atoms with Crippen molar-refractivity contribution in [1.29, 1.82) is 0 Å². The molecule has 0 bridgehead atoms. The molecule has 0 aliphatic rings. The van der Waals surface area contributed by atoms with Gasteiger partial charge in [-0.2, -0.15) is 8.42 Å². The third kappa shape index (κ3) is 13.6. The Hall–Kier alpha value is -0.950. The SMILES string of the molecule is CC[NH+](CC)CC.O=C([O-])N=S(=O)=O. The van der Waals surface area contributed by atoms with Crippen LogP contribution in [0.25, 0.3) is 0 Å². The third-order valence-electron chi connectivity index (χ3n) is 1.65. The molecule has 0 aliphatic heterocycles. The summed E-state index contributed by atoms with van der Waals surface area (Å²) in [5, 5.41) is 9.14. The van der Waals surface area contributed by atoms with Crippen molar-refractivity contribution in [3.8, 4) is 0 Å². The van der Waals surface area contributed by atoms with Gasteiger partial charge in [0.25, 0.3) is 0 Å². The van der Waals surface area contributed by atoms with Gasteiger partial charge in [-0.3, -0.25) is 0 Å². The molecule has 0 atom stereocenters. The molecular formula is C7H16N2O4S. The molecular weight excluding hydrogens is 208 g/mol. The number of carboxylic acid groups (broad SMARTS) is 1. The summed E-state index contributed by atoms with van der Waals surface area (Å²) in [6.45, 7) is 10.5. The minimum atomic E-state index is -2.88. The minimum absolute atomic E-state index is 1.27. The number of rotatable bonds is 3. The molecule has 0 heterocycles. The average molecular weight is 224 g/mol. The van der Waals surface area contributed by atoms with Gasteiger partial charge >= 0.3 is 10.5 Å². The predicted octanol–water partition coefficient (Wildman–Crippen LogP) is -1.68. The fraction of sp³-hybridized carbons (Fsp3) is 0.857. The van der Waals surface area contributed by atoms with Crippen LogP contribution in [0.4, 0.5) is 4.79 Å². The van der Waals surface area contributed by atoms with Gasteiger partial charge in [-0.05, 0) is 20.8 Å². The molecule has 6 nitrogen and oxygen atoms in total. The van der Waals surface area contributed by atoms with Crippen molar-refractivity contribution < 1.29 is 23.2 Å². The fourth-order valence-electron chi connectivity index (χ4n) is 0.811. The van der Waals surface area contributed by atoms with Gasteiger partial charge in [0.2, 0.25) is 0 Å². The van der Waals surface area contributed by atoms with Crippen LogP contribution in [0.3, 0.4) is 0 Å². The quantitative estimate of drug-likeness (QED) is 0.620. The van der Waals surface area contributed by atoms with E-state index >= 15 is 0 Å². The maximum atomic E-state index is 9.22.